The highest BCUT2D eigenvalue weighted by atomic mass is 17.1. The smallest absolute Gasteiger partial charge is 0.305 e. The van der Waals surface area contributed by atoms with Crippen molar-refractivity contribution in [3.05, 3.63) is 102 Å². The van der Waals surface area contributed by atoms with Crippen molar-refractivity contribution < 1.29 is 48.5 Å². The van der Waals surface area contributed by atoms with Gasteiger partial charge in [-0.3, -0.25) is 20.0 Å². The molecule has 0 aromatic heterocycles. The van der Waals surface area contributed by atoms with Gasteiger partial charge in [0.15, 0.2) is 0 Å². The monoisotopic (exact) mass is 704 g/mol. The Hall–Kier alpha value is -4.27. The van der Waals surface area contributed by atoms with E-state index in [0.717, 1.165) is 51.1 Å². The fourth-order valence-electron chi connectivity index (χ4n) is 6.35. The molecule has 3 atom stereocenters. The summed E-state index contributed by atoms with van der Waals surface area (Å²) in [7, 11) is 3.33. The van der Waals surface area contributed by atoms with Crippen molar-refractivity contribution in [1.82, 2.24) is 10.7 Å². The van der Waals surface area contributed by atoms with Crippen molar-refractivity contribution in [1.29, 1.82) is 0 Å². The molecule has 1 fully saturated rings. The molecule has 51 heavy (non-hydrogen) atoms. The molecule has 0 spiro atoms. The molecule has 0 aliphatic carbocycles. The highest BCUT2D eigenvalue weighted by Crippen LogP contribution is 2.35. The number of nitrogens with one attached hydrogen (secondary N) is 1. The second-order valence-corrected chi connectivity index (χ2v) is 12.3. The van der Waals surface area contributed by atoms with E-state index in [1.165, 1.54) is 0 Å². The average Bonchev–Trinajstić information content (AvgIpc) is 3.16. The van der Waals surface area contributed by atoms with Crippen molar-refractivity contribution in [2.45, 2.75) is 44.5 Å². The van der Waals surface area contributed by atoms with Gasteiger partial charge in [-0.15, -0.1) is 0 Å². The third-order valence-electron chi connectivity index (χ3n) is 8.84. The second kappa shape index (κ2) is 19.9. The zero-order chi connectivity index (χ0) is 35.8. The molecule has 0 bridgehead atoms. The number of rotatable bonds is 20. The van der Waals surface area contributed by atoms with Crippen LogP contribution in [0, 0.1) is 5.92 Å². The fourth-order valence-corrected chi connectivity index (χ4v) is 6.35. The molecule has 0 saturated carbocycles. The van der Waals surface area contributed by atoms with E-state index in [1.54, 1.807) is 14.2 Å². The number of carbonyl (C=O) groups excluding carboxylic acids is 1. The number of ether oxygens (including phenoxy) is 6. The minimum absolute atomic E-state index is 0.0322. The Morgan fingerprint density at radius 1 is 0.843 bits per heavy atom. The molecule has 274 valence electrons. The maximum atomic E-state index is 12.5. The van der Waals surface area contributed by atoms with Crippen LogP contribution in [0.25, 0.3) is 10.8 Å². The third kappa shape index (κ3) is 11.4. The number of fused-ring (bicyclic) bond motifs is 1. The molecule has 12 nitrogen and oxygen atoms in total. The Balaban J connectivity index is 1.20. The molecule has 4 aromatic rings. The fraction of sp³-hybridized carbons (Fsp3) is 0.410. The van der Waals surface area contributed by atoms with Crippen LogP contribution in [0.5, 0.6) is 17.2 Å². The van der Waals surface area contributed by atoms with Crippen molar-refractivity contribution in [2.24, 2.45) is 5.92 Å². The number of carbonyl (C=O) groups is 1. The van der Waals surface area contributed by atoms with Gasteiger partial charge in [0.25, 0.3) is 0 Å². The number of para-hydroxylation sites is 1. The van der Waals surface area contributed by atoms with Crippen LogP contribution in [-0.2, 0) is 37.1 Å². The maximum absolute atomic E-state index is 12.5. The van der Waals surface area contributed by atoms with Crippen LogP contribution in [0.1, 0.15) is 41.9 Å². The van der Waals surface area contributed by atoms with Crippen molar-refractivity contribution in [3.63, 3.8) is 0 Å². The molecule has 1 heterocycles. The van der Waals surface area contributed by atoms with Gasteiger partial charge >= 0.3 is 5.97 Å². The quantitative estimate of drug-likeness (QED) is 0.0560. The average molecular weight is 705 g/mol. The van der Waals surface area contributed by atoms with Gasteiger partial charge in [-0.2, -0.15) is 0 Å². The molecule has 0 radical (unpaired) electrons. The number of hydrogen-bond acceptors (Lipinski definition) is 12. The molecule has 12 heteroatoms. The first-order valence-corrected chi connectivity index (χ1v) is 17.2. The van der Waals surface area contributed by atoms with Crippen LogP contribution in [0.4, 0.5) is 0 Å². The molecule has 3 N–H and O–H groups in total. The Labute approximate surface area is 298 Å². The lowest BCUT2D eigenvalue weighted by molar-refractivity contribution is -0.492. The van der Waals surface area contributed by atoms with Gasteiger partial charge in [0.05, 0.1) is 65.4 Å². The lowest BCUT2D eigenvalue weighted by atomic mass is 9.79. The van der Waals surface area contributed by atoms with Crippen LogP contribution in [0.2, 0.25) is 0 Å². The van der Waals surface area contributed by atoms with E-state index in [2.05, 4.69) is 34.4 Å². The molecular formula is C39H48N2O10. The lowest BCUT2D eigenvalue weighted by Gasteiger charge is -2.38. The first-order valence-electron chi connectivity index (χ1n) is 17.2. The van der Waals surface area contributed by atoms with E-state index in [1.807, 2.05) is 60.7 Å². The predicted molar refractivity (Wildman–Crippen MR) is 189 cm³/mol. The van der Waals surface area contributed by atoms with Crippen molar-refractivity contribution in [2.75, 3.05) is 53.7 Å². The summed E-state index contributed by atoms with van der Waals surface area (Å²) in [5, 5.41) is 22.6. The van der Waals surface area contributed by atoms with Crippen LogP contribution in [0.15, 0.2) is 84.9 Å². The summed E-state index contributed by atoms with van der Waals surface area (Å²) >= 11 is 0. The molecule has 1 aliphatic rings. The standard InChI is InChI=1S/C39H48N2O10/c1-45-35-12-6-4-10-31(35)26-47-18-8-19-48-33-16-14-29(15-17-33)39-32(27-50-38(42)13-7-20-51-41(43)44)23-40-24-37(39)49-25-28-21-30-9-3-5-11-34(30)36(22-28)46-2/h3-6,9-12,14-17,21-22,32,37,39-40,43-44H,7-8,13,18-20,23-27H2,1-2H3. The number of piperidine rings is 1. The molecule has 0 amide bonds. The van der Waals surface area contributed by atoms with Gasteiger partial charge in [0.1, 0.15) is 17.2 Å². The SMILES string of the molecule is COc1ccccc1COCCCOc1ccc(C2C(COC(=O)CCCON(O)O)CNCC2OCc2cc(OC)c3ccccc3c2)cc1. The van der Waals surface area contributed by atoms with Gasteiger partial charge in [0.2, 0.25) is 0 Å². The minimum Gasteiger partial charge on any atom is -0.496 e. The molecular weight excluding hydrogens is 656 g/mol. The van der Waals surface area contributed by atoms with Gasteiger partial charge in [-0.25, -0.2) is 0 Å². The van der Waals surface area contributed by atoms with Crippen molar-refractivity contribution >= 4 is 16.7 Å². The number of esters is 1. The normalized spacial score (nSPS) is 17.4. The van der Waals surface area contributed by atoms with E-state index in [9.17, 15) is 4.79 Å². The second-order valence-electron chi connectivity index (χ2n) is 12.3. The zero-order valence-electron chi connectivity index (χ0n) is 29.2. The van der Waals surface area contributed by atoms with E-state index < -0.39 is 0 Å². The highest BCUT2D eigenvalue weighted by Gasteiger charge is 2.36. The summed E-state index contributed by atoms with van der Waals surface area (Å²) in [6, 6.07) is 28.1. The summed E-state index contributed by atoms with van der Waals surface area (Å²) in [5.74, 6) is 1.85. The predicted octanol–water partition coefficient (Wildman–Crippen LogP) is 6.07. The molecule has 1 aliphatic heterocycles. The highest BCUT2D eigenvalue weighted by molar-refractivity contribution is 5.89. The Bertz CT molecular complexity index is 1650. The van der Waals surface area contributed by atoms with Crippen LogP contribution in [0.3, 0.4) is 0 Å². The van der Waals surface area contributed by atoms with Gasteiger partial charge < -0.3 is 33.7 Å². The first kappa shape index (κ1) is 38.0. The molecule has 3 unspecified atom stereocenters. The van der Waals surface area contributed by atoms with E-state index in [0.29, 0.717) is 39.5 Å². The Kier molecular flexibility index (Phi) is 14.9. The Morgan fingerprint density at radius 3 is 2.43 bits per heavy atom. The number of nitrogens with zero attached hydrogens (tertiary/aromatic N) is 1. The van der Waals surface area contributed by atoms with Crippen LogP contribution >= 0.6 is 0 Å². The van der Waals surface area contributed by atoms with E-state index in [-0.39, 0.29) is 55.4 Å². The Morgan fingerprint density at radius 2 is 1.63 bits per heavy atom. The van der Waals surface area contributed by atoms with Crippen LogP contribution < -0.4 is 19.5 Å². The minimum atomic E-state index is -0.387. The molecule has 1 saturated heterocycles. The van der Waals surface area contributed by atoms with E-state index in [4.69, 9.17) is 38.8 Å². The van der Waals surface area contributed by atoms with Crippen LogP contribution in [-0.4, -0.2) is 81.6 Å². The number of hydrogen-bond donors (Lipinski definition) is 3. The molecule has 4 aromatic carbocycles. The first-order chi connectivity index (χ1) is 24.9. The third-order valence-corrected chi connectivity index (χ3v) is 8.84. The van der Waals surface area contributed by atoms with Crippen molar-refractivity contribution in [3.8, 4) is 17.2 Å². The largest absolute Gasteiger partial charge is 0.496 e. The topological polar surface area (TPSA) is 137 Å². The van der Waals surface area contributed by atoms with Gasteiger partial charge in [0, 0.05) is 48.7 Å². The van der Waals surface area contributed by atoms with E-state index >= 15 is 0 Å². The maximum Gasteiger partial charge on any atom is 0.305 e. The molecule has 5 rings (SSSR count). The number of methoxy groups -OCH3 is 2. The zero-order valence-corrected chi connectivity index (χ0v) is 29.2. The summed E-state index contributed by atoms with van der Waals surface area (Å²) in [6.45, 7) is 3.35. The summed E-state index contributed by atoms with van der Waals surface area (Å²) in [4.78, 5) is 17.1. The lowest BCUT2D eigenvalue weighted by Crippen LogP contribution is -2.48. The van der Waals surface area contributed by atoms with Gasteiger partial charge in [-0.1, -0.05) is 54.6 Å². The summed E-state index contributed by atoms with van der Waals surface area (Å²) in [5.41, 5.74) is 3.07. The van der Waals surface area contributed by atoms with Gasteiger partial charge in [-0.05, 0) is 53.3 Å². The summed E-state index contributed by atoms with van der Waals surface area (Å²) in [6.07, 6.45) is 0.887. The number of benzene rings is 4. The summed E-state index contributed by atoms with van der Waals surface area (Å²) < 4.78 is 35.2.